The molecule has 0 radical (unpaired) electrons. The number of rotatable bonds is 3. The van der Waals surface area contributed by atoms with Gasteiger partial charge in [-0.3, -0.25) is 0 Å². The van der Waals surface area contributed by atoms with Crippen LogP contribution < -0.4 is 5.73 Å². The molecule has 0 aromatic heterocycles. The first-order chi connectivity index (χ1) is 7.48. The van der Waals surface area contributed by atoms with E-state index in [0.717, 1.165) is 6.54 Å². The van der Waals surface area contributed by atoms with Crippen molar-refractivity contribution in [3.05, 3.63) is 35.6 Å². The number of nitrogens with two attached hydrogens (primary N) is 1. The summed E-state index contributed by atoms with van der Waals surface area (Å²) in [7, 11) is 0. The molecular weight excluding hydrogens is 201 g/mol. The second kappa shape index (κ2) is 3.85. The topological polar surface area (TPSA) is 26.0 Å². The fourth-order valence-corrected chi connectivity index (χ4v) is 3.20. The van der Waals surface area contributed by atoms with Crippen molar-refractivity contribution in [3.63, 3.8) is 0 Å². The van der Waals surface area contributed by atoms with Crippen molar-refractivity contribution in [2.45, 2.75) is 26.7 Å². The van der Waals surface area contributed by atoms with Crippen LogP contribution in [0.15, 0.2) is 24.3 Å². The Morgan fingerprint density at radius 1 is 1.31 bits per heavy atom. The lowest BCUT2D eigenvalue weighted by molar-refractivity contribution is 0.500. The molecule has 0 heterocycles. The predicted molar refractivity (Wildman–Crippen MR) is 64.6 cm³/mol. The third-order valence-corrected chi connectivity index (χ3v) is 4.33. The molecule has 0 bridgehead atoms. The molecule has 0 saturated heterocycles. The van der Waals surface area contributed by atoms with E-state index in [1.165, 1.54) is 5.56 Å². The Balaban J connectivity index is 2.15. The molecule has 16 heavy (non-hydrogen) atoms. The fourth-order valence-electron chi connectivity index (χ4n) is 3.20. The summed E-state index contributed by atoms with van der Waals surface area (Å²) in [4.78, 5) is 0. The van der Waals surface area contributed by atoms with Gasteiger partial charge in [0.2, 0.25) is 0 Å². The van der Waals surface area contributed by atoms with Gasteiger partial charge in [-0.15, -0.1) is 0 Å². The zero-order valence-electron chi connectivity index (χ0n) is 10.2. The Hall–Kier alpha value is -0.890. The Kier molecular flexibility index (Phi) is 2.79. The van der Waals surface area contributed by atoms with Crippen LogP contribution in [0.1, 0.15) is 32.3 Å². The van der Waals surface area contributed by atoms with Crippen LogP contribution >= 0.6 is 0 Å². The van der Waals surface area contributed by atoms with Crippen molar-refractivity contribution in [3.8, 4) is 0 Å². The molecule has 3 atom stereocenters. The molecule has 0 amide bonds. The SMILES string of the molecule is CC(c1ccc(F)cc1)[C@H]1[C@H](CN)C1(C)C. The lowest BCUT2D eigenvalue weighted by Gasteiger charge is -2.13. The minimum atomic E-state index is -0.165. The zero-order valence-corrected chi connectivity index (χ0v) is 10.2. The Morgan fingerprint density at radius 2 is 1.88 bits per heavy atom. The van der Waals surface area contributed by atoms with Gasteiger partial charge in [-0.05, 0) is 47.4 Å². The summed E-state index contributed by atoms with van der Waals surface area (Å²) in [6.45, 7) is 7.52. The molecule has 88 valence electrons. The van der Waals surface area contributed by atoms with Gasteiger partial charge in [0.25, 0.3) is 0 Å². The minimum absolute atomic E-state index is 0.165. The molecule has 1 nitrogen and oxygen atoms in total. The van der Waals surface area contributed by atoms with Gasteiger partial charge in [0.15, 0.2) is 0 Å². The smallest absolute Gasteiger partial charge is 0.123 e. The molecule has 2 N–H and O–H groups in total. The second-order valence-corrected chi connectivity index (χ2v) is 5.53. The summed E-state index contributed by atoms with van der Waals surface area (Å²) in [5.74, 6) is 1.53. The molecule has 1 fully saturated rings. The molecule has 1 saturated carbocycles. The van der Waals surface area contributed by atoms with E-state index in [9.17, 15) is 4.39 Å². The normalized spacial score (nSPS) is 28.8. The zero-order chi connectivity index (χ0) is 11.9. The number of hydrogen-bond donors (Lipinski definition) is 1. The largest absolute Gasteiger partial charge is 0.330 e. The van der Waals surface area contributed by atoms with E-state index in [-0.39, 0.29) is 5.82 Å². The summed E-state index contributed by atoms with van der Waals surface area (Å²) in [5, 5.41) is 0. The third-order valence-electron chi connectivity index (χ3n) is 4.33. The molecule has 1 aliphatic carbocycles. The van der Waals surface area contributed by atoms with Crippen LogP contribution in [0.3, 0.4) is 0 Å². The average molecular weight is 221 g/mol. The van der Waals surface area contributed by atoms with Crippen LogP contribution in [0.2, 0.25) is 0 Å². The Morgan fingerprint density at radius 3 is 2.31 bits per heavy atom. The van der Waals surface area contributed by atoms with Crippen LogP contribution in [0, 0.1) is 23.1 Å². The summed E-state index contributed by atoms with van der Waals surface area (Å²) in [6.07, 6.45) is 0. The summed E-state index contributed by atoms with van der Waals surface area (Å²) in [5.41, 5.74) is 7.33. The maximum Gasteiger partial charge on any atom is 0.123 e. The molecule has 2 heteroatoms. The van der Waals surface area contributed by atoms with Crippen LogP contribution in [0.5, 0.6) is 0 Å². The molecule has 1 aromatic rings. The highest BCUT2D eigenvalue weighted by Gasteiger charge is 2.58. The van der Waals surface area contributed by atoms with Crippen molar-refractivity contribution in [1.82, 2.24) is 0 Å². The van der Waals surface area contributed by atoms with E-state index in [4.69, 9.17) is 5.73 Å². The fraction of sp³-hybridized carbons (Fsp3) is 0.571. The molecule has 1 aliphatic rings. The number of halogens is 1. The number of hydrogen-bond acceptors (Lipinski definition) is 1. The van der Waals surface area contributed by atoms with E-state index >= 15 is 0 Å². The van der Waals surface area contributed by atoms with Crippen LogP contribution in [-0.2, 0) is 0 Å². The third kappa shape index (κ3) is 1.75. The monoisotopic (exact) mass is 221 g/mol. The minimum Gasteiger partial charge on any atom is -0.330 e. The quantitative estimate of drug-likeness (QED) is 0.833. The van der Waals surface area contributed by atoms with Crippen LogP contribution in [0.4, 0.5) is 4.39 Å². The first kappa shape index (κ1) is 11.6. The van der Waals surface area contributed by atoms with Gasteiger partial charge in [0.05, 0.1) is 0 Å². The molecule has 1 aromatic carbocycles. The van der Waals surface area contributed by atoms with Gasteiger partial charge in [-0.25, -0.2) is 4.39 Å². The highest BCUT2D eigenvalue weighted by molar-refractivity contribution is 5.25. The van der Waals surface area contributed by atoms with Crippen LogP contribution in [-0.4, -0.2) is 6.54 Å². The van der Waals surface area contributed by atoms with Gasteiger partial charge in [-0.2, -0.15) is 0 Å². The molecule has 0 aliphatic heterocycles. The molecule has 1 unspecified atom stereocenters. The number of benzene rings is 1. The Bertz CT molecular complexity index is 369. The van der Waals surface area contributed by atoms with Gasteiger partial charge in [0.1, 0.15) is 5.82 Å². The van der Waals surface area contributed by atoms with Gasteiger partial charge in [-0.1, -0.05) is 32.9 Å². The van der Waals surface area contributed by atoms with Gasteiger partial charge in [0, 0.05) is 0 Å². The maximum absolute atomic E-state index is 12.8. The van der Waals surface area contributed by atoms with Gasteiger partial charge < -0.3 is 5.73 Å². The summed E-state index contributed by atoms with van der Waals surface area (Å²) >= 11 is 0. The van der Waals surface area contributed by atoms with Crippen molar-refractivity contribution >= 4 is 0 Å². The van der Waals surface area contributed by atoms with E-state index in [1.54, 1.807) is 12.1 Å². The average Bonchev–Trinajstić information content (AvgIpc) is 2.80. The van der Waals surface area contributed by atoms with Crippen molar-refractivity contribution in [1.29, 1.82) is 0 Å². The van der Waals surface area contributed by atoms with E-state index < -0.39 is 0 Å². The van der Waals surface area contributed by atoms with Crippen LogP contribution in [0.25, 0.3) is 0 Å². The van der Waals surface area contributed by atoms with Gasteiger partial charge >= 0.3 is 0 Å². The Labute approximate surface area is 96.9 Å². The van der Waals surface area contributed by atoms with Crippen molar-refractivity contribution in [2.24, 2.45) is 23.0 Å². The first-order valence-corrected chi connectivity index (χ1v) is 5.94. The first-order valence-electron chi connectivity index (χ1n) is 5.94. The van der Waals surface area contributed by atoms with E-state index in [2.05, 4.69) is 20.8 Å². The highest BCUT2D eigenvalue weighted by Crippen LogP contribution is 2.63. The lowest BCUT2D eigenvalue weighted by atomic mass is 9.92. The van der Waals surface area contributed by atoms with E-state index in [0.29, 0.717) is 23.2 Å². The lowest BCUT2D eigenvalue weighted by Crippen LogP contribution is -2.06. The maximum atomic E-state index is 12.8. The summed E-state index contributed by atoms with van der Waals surface area (Å²) in [6, 6.07) is 6.86. The molecule has 2 rings (SSSR count). The highest BCUT2D eigenvalue weighted by atomic mass is 19.1. The van der Waals surface area contributed by atoms with E-state index in [1.807, 2.05) is 12.1 Å². The molecule has 0 spiro atoms. The van der Waals surface area contributed by atoms with Crippen molar-refractivity contribution in [2.75, 3.05) is 6.54 Å². The predicted octanol–water partition coefficient (Wildman–Crippen LogP) is 3.16. The summed E-state index contributed by atoms with van der Waals surface area (Å²) < 4.78 is 12.8. The molecular formula is C14H20FN. The standard InChI is InChI=1S/C14H20FN/c1-9(10-4-6-11(15)7-5-10)13-12(8-16)14(13,2)3/h4-7,9,12-13H,8,16H2,1-3H3/t9?,12-,13-/m0/s1. The second-order valence-electron chi connectivity index (χ2n) is 5.53. The van der Waals surface area contributed by atoms with Crippen molar-refractivity contribution < 1.29 is 4.39 Å².